The Bertz CT molecular complexity index is 611. The van der Waals surface area contributed by atoms with Crippen molar-refractivity contribution in [1.29, 1.82) is 0 Å². The van der Waals surface area contributed by atoms with Crippen molar-refractivity contribution < 1.29 is 8.81 Å². The Morgan fingerprint density at radius 3 is 2.65 bits per heavy atom. The molecule has 0 radical (unpaired) electrons. The van der Waals surface area contributed by atoms with Crippen LogP contribution in [0, 0.1) is 5.82 Å². The third-order valence-electron chi connectivity index (χ3n) is 2.50. The lowest BCUT2D eigenvalue weighted by atomic mass is 10.1. The molecule has 17 heavy (non-hydrogen) atoms. The maximum Gasteiger partial charge on any atom is 0.151 e. The number of nitrogens with one attached hydrogen (secondary N) is 1. The maximum absolute atomic E-state index is 12.8. The van der Waals surface area contributed by atoms with Gasteiger partial charge in [-0.15, -0.1) is 0 Å². The number of aromatic amines is 1. The fourth-order valence-corrected chi connectivity index (χ4v) is 1.65. The Kier molecular flexibility index (Phi) is 2.26. The quantitative estimate of drug-likeness (QED) is 0.729. The molecule has 0 amide bonds. The molecule has 84 valence electrons. The van der Waals surface area contributed by atoms with Crippen molar-refractivity contribution >= 4 is 0 Å². The zero-order valence-corrected chi connectivity index (χ0v) is 8.85. The van der Waals surface area contributed by atoms with E-state index >= 15 is 0 Å². The van der Waals surface area contributed by atoms with E-state index in [-0.39, 0.29) is 5.82 Å². The summed E-state index contributed by atoms with van der Waals surface area (Å²) in [6.45, 7) is 0. The minimum absolute atomic E-state index is 0.254. The van der Waals surface area contributed by atoms with Crippen molar-refractivity contribution in [2.24, 2.45) is 0 Å². The Hall–Kier alpha value is -2.36. The summed E-state index contributed by atoms with van der Waals surface area (Å²) in [6, 6.07) is 11.7. The molecular weight excluding hydrogens is 219 g/mol. The summed E-state index contributed by atoms with van der Waals surface area (Å²) in [6.07, 6.45) is 1.60. The highest BCUT2D eigenvalue weighted by atomic mass is 19.1. The van der Waals surface area contributed by atoms with Crippen LogP contribution in [0.1, 0.15) is 0 Å². The first-order valence-electron chi connectivity index (χ1n) is 5.18. The van der Waals surface area contributed by atoms with E-state index in [2.05, 4.69) is 10.2 Å². The number of H-pyrrole nitrogens is 1. The van der Waals surface area contributed by atoms with E-state index in [1.54, 1.807) is 18.4 Å². The largest absolute Gasteiger partial charge is 0.463 e. The Balaban J connectivity index is 1.98. The summed E-state index contributed by atoms with van der Waals surface area (Å²) >= 11 is 0. The molecule has 0 saturated heterocycles. The van der Waals surface area contributed by atoms with Gasteiger partial charge in [0.2, 0.25) is 0 Å². The van der Waals surface area contributed by atoms with Crippen LogP contribution in [-0.4, -0.2) is 10.2 Å². The lowest BCUT2D eigenvalue weighted by Crippen LogP contribution is -1.78. The standard InChI is InChI=1S/C13H9FN2O/c14-10-5-3-9(4-6-10)11-8-12(16-15-11)13-2-1-7-17-13/h1-8H,(H,15,16). The van der Waals surface area contributed by atoms with Crippen molar-refractivity contribution in [2.45, 2.75) is 0 Å². The highest BCUT2D eigenvalue weighted by Crippen LogP contribution is 2.23. The summed E-state index contributed by atoms with van der Waals surface area (Å²) in [5.41, 5.74) is 2.42. The van der Waals surface area contributed by atoms with E-state index < -0.39 is 0 Å². The van der Waals surface area contributed by atoms with Crippen LogP contribution in [0.25, 0.3) is 22.7 Å². The molecule has 0 unspecified atom stereocenters. The topological polar surface area (TPSA) is 41.8 Å². The van der Waals surface area contributed by atoms with Crippen LogP contribution in [0.4, 0.5) is 4.39 Å². The van der Waals surface area contributed by atoms with Gasteiger partial charge in [-0.25, -0.2) is 4.39 Å². The first-order chi connectivity index (χ1) is 8.33. The molecule has 4 heteroatoms. The molecule has 0 spiro atoms. The number of rotatable bonds is 2. The molecule has 0 atom stereocenters. The third-order valence-corrected chi connectivity index (χ3v) is 2.50. The van der Waals surface area contributed by atoms with Crippen molar-refractivity contribution in [1.82, 2.24) is 10.2 Å². The second-order valence-electron chi connectivity index (χ2n) is 3.65. The fraction of sp³-hybridized carbons (Fsp3) is 0. The van der Waals surface area contributed by atoms with Crippen LogP contribution in [0.3, 0.4) is 0 Å². The number of hydrogen-bond donors (Lipinski definition) is 1. The number of benzene rings is 1. The Labute approximate surface area is 96.9 Å². The predicted molar refractivity (Wildman–Crippen MR) is 61.7 cm³/mol. The molecule has 0 aliphatic rings. The molecule has 0 fully saturated rings. The summed E-state index contributed by atoms with van der Waals surface area (Å²) in [7, 11) is 0. The molecular formula is C13H9FN2O. The molecule has 3 aromatic rings. The van der Waals surface area contributed by atoms with Crippen LogP contribution in [-0.2, 0) is 0 Å². The van der Waals surface area contributed by atoms with Gasteiger partial charge < -0.3 is 4.42 Å². The third kappa shape index (κ3) is 1.85. The smallest absolute Gasteiger partial charge is 0.151 e. The van der Waals surface area contributed by atoms with Gasteiger partial charge in [0.05, 0.1) is 12.0 Å². The lowest BCUT2D eigenvalue weighted by Gasteiger charge is -1.94. The predicted octanol–water partition coefficient (Wildman–Crippen LogP) is 3.48. The van der Waals surface area contributed by atoms with Gasteiger partial charge in [0.15, 0.2) is 5.76 Å². The first-order valence-corrected chi connectivity index (χ1v) is 5.18. The van der Waals surface area contributed by atoms with Gasteiger partial charge in [-0.2, -0.15) is 5.10 Å². The minimum atomic E-state index is -0.254. The van der Waals surface area contributed by atoms with E-state index in [0.29, 0.717) is 0 Å². The van der Waals surface area contributed by atoms with Gasteiger partial charge in [0.25, 0.3) is 0 Å². The molecule has 0 bridgehead atoms. The van der Waals surface area contributed by atoms with Crippen LogP contribution >= 0.6 is 0 Å². The first kappa shape index (κ1) is 9.84. The zero-order chi connectivity index (χ0) is 11.7. The molecule has 3 rings (SSSR count). The molecule has 2 aromatic heterocycles. The van der Waals surface area contributed by atoms with E-state index in [1.807, 2.05) is 18.2 Å². The Morgan fingerprint density at radius 1 is 1.12 bits per heavy atom. The van der Waals surface area contributed by atoms with Crippen molar-refractivity contribution in [2.75, 3.05) is 0 Å². The maximum atomic E-state index is 12.8. The highest BCUT2D eigenvalue weighted by molar-refractivity contribution is 5.65. The summed E-state index contributed by atoms with van der Waals surface area (Å²) in [4.78, 5) is 0. The van der Waals surface area contributed by atoms with Crippen molar-refractivity contribution in [3.63, 3.8) is 0 Å². The average Bonchev–Trinajstić information content (AvgIpc) is 3.00. The van der Waals surface area contributed by atoms with Gasteiger partial charge in [0.1, 0.15) is 11.5 Å². The molecule has 0 saturated carbocycles. The second-order valence-corrected chi connectivity index (χ2v) is 3.65. The number of hydrogen-bond acceptors (Lipinski definition) is 2. The van der Waals surface area contributed by atoms with Crippen LogP contribution in [0.5, 0.6) is 0 Å². The number of halogens is 1. The van der Waals surface area contributed by atoms with Gasteiger partial charge in [-0.3, -0.25) is 5.10 Å². The van der Waals surface area contributed by atoms with Crippen LogP contribution in [0.2, 0.25) is 0 Å². The highest BCUT2D eigenvalue weighted by Gasteiger charge is 2.07. The summed E-state index contributed by atoms with van der Waals surface area (Å²) in [5.74, 6) is 0.474. The SMILES string of the molecule is Fc1ccc(-c2cc(-c3ccco3)[nH]n2)cc1. The normalized spacial score (nSPS) is 10.6. The van der Waals surface area contributed by atoms with Gasteiger partial charge >= 0.3 is 0 Å². The van der Waals surface area contributed by atoms with Crippen molar-refractivity contribution in [3.05, 3.63) is 54.5 Å². The number of aromatic nitrogens is 2. The van der Waals surface area contributed by atoms with E-state index in [9.17, 15) is 4.39 Å². The van der Waals surface area contributed by atoms with Crippen LogP contribution in [0.15, 0.2) is 53.1 Å². The lowest BCUT2D eigenvalue weighted by molar-refractivity contribution is 0.580. The molecule has 2 heterocycles. The molecule has 1 aromatic carbocycles. The van der Waals surface area contributed by atoms with Crippen molar-refractivity contribution in [3.8, 4) is 22.7 Å². The summed E-state index contributed by atoms with van der Waals surface area (Å²) < 4.78 is 18.0. The van der Waals surface area contributed by atoms with Gasteiger partial charge in [-0.1, -0.05) is 0 Å². The average molecular weight is 228 g/mol. The summed E-state index contributed by atoms with van der Waals surface area (Å²) in [5, 5.41) is 7.05. The number of nitrogens with zero attached hydrogens (tertiary/aromatic N) is 1. The minimum Gasteiger partial charge on any atom is -0.463 e. The second kappa shape index (κ2) is 3.90. The zero-order valence-electron chi connectivity index (χ0n) is 8.85. The number of furan rings is 1. The molecule has 0 aliphatic carbocycles. The molecule has 3 nitrogen and oxygen atoms in total. The fourth-order valence-electron chi connectivity index (χ4n) is 1.65. The van der Waals surface area contributed by atoms with Crippen LogP contribution < -0.4 is 0 Å². The molecule has 0 aliphatic heterocycles. The molecule has 1 N–H and O–H groups in total. The van der Waals surface area contributed by atoms with E-state index in [0.717, 1.165) is 22.7 Å². The van der Waals surface area contributed by atoms with Gasteiger partial charge in [0, 0.05) is 5.56 Å². The van der Waals surface area contributed by atoms with E-state index in [4.69, 9.17) is 4.42 Å². The van der Waals surface area contributed by atoms with E-state index in [1.165, 1.54) is 12.1 Å². The Morgan fingerprint density at radius 2 is 1.94 bits per heavy atom. The van der Waals surface area contributed by atoms with Gasteiger partial charge in [-0.05, 0) is 42.5 Å². The monoisotopic (exact) mass is 228 g/mol.